The van der Waals surface area contributed by atoms with Crippen LogP contribution in [0.2, 0.25) is 0 Å². The van der Waals surface area contributed by atoms with Gasteiger partial charge in [0.25, 0.3) is 0 Å². The third-order valence-electron chi connectivity index (χ3n) is 2.80. The molecule has 0 spiro atoms. The Morgan fingerprint density at radius 3 is 2.30 bits per heavy atom. The van der Waals surface area contributed by atoms with Crippen molar-refractivity contribution in [3.05, 3.63) is 0 Å². The van der Waals surface area contributed by atoms with Crippen LogP contribution in [0.25, 0.3) is 0 Å². The molecule has 1 aliphatic heterocycles. The molecular weight excluding hydrogens is 128 g/mol. The molecule has 0 unspecified atom stereocenters. The van der Waals surface area contributed by atoms with E-state index < -0.39 is 0 Å². The van der Waals surface area contributed by atoms with Crippen molar-refractivity contribution < 1.29 is 9.84 Å². The second-order valence-corrected chi connectivity index (χ2v) is 3.29. The molecular formula is C8H16O2. The van der Waals surface area contributed by atoms with Gasteiger partial charge in [0.05, 0.1) is 13.2 Å². The van der Waals surface area contributed by atoms with Crippen LogP contribution in [0, 0.1) is 11.3 Å². The van der Waals surface area contributed by atoms with Crippen LogP contribution in [0.5, 0.6) is 0 Å². The Bertz CT molecular complexity index is 102. The Kier molecular flexibility index (Phi) is 2.32. The summed E-state index contributed by atoms with van der Waals surface area (Å²) in [5.74, 6) is 0.395. The Hall–Kier alpha value is -0.0800. The van der Waals surface area contributed by atoms with E-state index >= 15 is 0 Å². The highest BCUT2D eigenvalue weighted by Crippen LogP contribution is 2.38. The van der Waals surface area contributed by atoms with Gasteiger partial charge in [-0.2, -0.15) is 0 Å². The van der Waals surface area contributed by atoms with Crippen molar-refractivity contribution in [3.8, 4) is 0 Å². The monoisotopic (exact) mass is 144 g/mol. The number of hydrogen-bond donors (Lipinski definition) is 1. The normalized spacial score (nSPS) is 25.5. The molecule has 0 aliphatic carbocycles. The van der Waals surface area contributed by atoms with Gasteiger partial charge in [0.2, 0.25) is 0 Å². The lowest BCUT2D eigenvalue weighted by molar-refractivity contribution is -0.151. The van der Waals surface area contributed by atoms with Gasteiger partial charge in [0.1, 0.15) is 0 Å². The largest absolute Gasteiger partial charge is 0.396 e. The summed E-state index contributed by atoms with van der Waals surface area (Å²) in [6, 6.07) is 0. The zero-order valence-electron chi connectivity index (χ0n) is 6.76. The molecule has 2 nitrogen and oxygen atoms in total. The molecule has 1 saturated heterocycles. The first-order chi connectivity index (χ1) is 4.75. The Balaban J connectivity index is 2.46. The SMILES string of the molecule is CCC1([C@H](C)CO)COC1. The molecule has 1 fully saturated rings. The van der Waals surface area contributed by atoms with E-state index in [0.717, 1.165) is 19.6 Å². The molecule has 0 aromatic heterocycles. The number of rotatable bonds is 3. The van der Waals surface area contributed by atoms with E-state index in [1.807, 2.05) is 0 Å². The number of ether oxygens (including phenoxy) is 1. The number of aliphatic hydroxyl groups excluding tert-OH is 1. The summed E-state index contributed by atoms with van der Waals surface area (Å²) in [5.41, 5.74) is 0.300. The van der Waals surface area contributed by atoms with Crippen LogP contribution in [-0.4, -0.2) is 24.9 Å². The van der Waals surface area contributed by atoms with Crippen molar-refractivity contribution in [2.24, 2.45) is 11.3 Å². The molecule has 0 radical (unpaired) electrons. The minimum atomic E-state index is 0.289. The lowest BCUT2D eigenvalue weighted by atomic mass is 9.73. The van der Waals surface area contributed by atoms with E-state index in [4.69, 9.17) is 9.84 Å². The molecule has 1 rings (SSSR count). The van der Waals surface area contributed by atoms with Crippen molar-refractivity contribution >= 4 is 0 Å². The molecule has 0 amide bonds. The van der Waals surface area contributed by atoms with Crippen LogP contribution < -0.4 is 0 Å². The highest BCUT2D eigenvalue weighted by atomic mass is 16.5. The highest BCUT2D eigenvalue weighted by molar-refractivity contribution is 4.88. The first-order valence-corrected chi connectivity index (χ1v) is 3.94. The predicted octanol–water partition coefficient (Wildman–Crippen LogP) is 1.04. The van der Waals surface area contributed by atoms with E-state index in [9.17, 15) is 0 Å². The lowest BCUT2D eigenvalue weighted by Crippen LogP contribution is -2.48. The molecule has 1 N–H and O–H groups in total. The maximum Gasteiger partial charge on any atom is 0.0548 e. The average molecular weight is 144 g/mol. The molecule has 0 aromatic rings. The van der Waals surface area contributed by atoms with Gasteiger partial charge in [0, 0.05) is 12.0 Å². The van der Waals surface area contributed by atoms with Gasteiger partial charge in [-0.3, -0.25) is 0 Å². The molecule has 1 aliphatic rings. The maximum absolute atomic E-state index is 8.91. The third-order valence-corrected chi connectivity index (χ3v) is 2.80. The molecule has 0 saturated carbocycles. The highest BCUT2D eigenvalue weighted by Gasteiger charge is 2.41. The van der Waals surface area contributed by atoms with Crippen LogP contribution in [-0.2, 0) is 4.74 Å². The van der Waals surface area contributed by atoms with Crippen molar-refractivity contribution in [1.82, 2.24) is 0 Å². The third kappa shape index (κ3) is 1.06. The van der Waals surface area contributed by atoms with Gasteiger partial charge in [-0.15, -0.1) is 0 Å². The first-order valence-electron chi connectivity index (χ1n) is 3.94. The fourth-order valence-electron chi connectivity index (χ4n) is 1.40. The van der Waals surface area contributed by atoms with E-state index in [1.165, 1.54) is 0 Å². The van der Waals surface area contributed by atoms with E-state index in [0.29, 0.717) is 11.3 Å². The minimum Gasteiger partial charge on any atom is -0.396 e. The predicted molar refractivity (Wildman–Crippen MR) is 39.8 cm³/mol. The van der Waals surface area contributed by atoms with E-state index in [-0.39, 0.29) is 6.61 Å². The Morgan fingerprint density at radius 1 is 1.60 bits per heavy atom. The summed E-state index contributed by atoms with van der Waals surface area (Å²) < 4.78 is 5.14. The quantitative estimate of drug-likeness (QED) is 0.641. The van der Waals surface area contributed by atoms with Gasteiger partial charge in [-0.05, 0) is 12.3 Å². The smallest absolute Gasteiger partial charge is 0.0548 e. The zero-order chi connectivity index (χ0) is 7.61. The topological polar surface area (TPSA) is 29.5 Å². The van der Waals surface area contributed by atoms with E-state index in [2.05, 4.69) is 13.8 Å². The molecule has 60 valence electrons. The second kappa shape index (κ2) is 2.89. The van der Waals surface area contributed by atoms with Crippen LogP contribution >= 0.6 is 0 Å². The zero-order valence-corrected chi connectivity index (χ0v) is 6.76. The lowest BCUT2D eigenvalue weighted by Gasteiger charge is -2.45. The van der Waals surface area contributed by atoms with Crippen molar-refractivity contribution in [3.63, 3.8) is 0 Å². The second-order valence-electron chi connectivity index (χ2n) is 3.29. The number of aliphatic hydroxyl groups is 1. The summed E-state index contributed by atoms with van der Waals surface area (Å²) in [7, 11) is 0. The van der Waals surface area contributed by atoms with Crippen LogP contribution in [0.15, 0.2) is 0 Å². The Morgan fingerprint density at radius 2 is 2.20 bits per heavy atom. The number of hydrogen-bond acceptors (Lipinski definition) is 2. The van der Waals surface area contributed by atoms with Gasteiger partial charge < -0.3 is 9.84 Å². The molecule has 1 atom stereocenters. The summed E-state index contributed by atoms with van der Waals surface area (Å²) in [6.07, 6.45) is 1.12. The summed E-state index contributed by atoms with van der Waals surface area (Å²) >= 11 is 0. The van der Waals surface area contributed by atoms with Crippen molar-refractivity contribution in [1.29, 1.82) is 0 Å². The van der Waals surface area contributed by atoms with Crippen LogP contribution in [0.3, 0.4) is 0 Å². The first kappa shape index (κ1) is 8.02. The molecule has 10 heavy (non-hydrogen) atoms. The van der Waals surface area contributed by atoms with Crippen molar-refractivity contribution in [2.75, 3.05) is 19.8 Å². The fraction of sp³-hybridized carbons (Fsp3) is 1.00. The molecule has 2 heteroatoms. The van der Waals surface area contributed by atoms with Gasteiger partial charge >= 0.3 is 0 Å². The van der Waals surface area contributed by atoms with Crippen molar-refractivity contribution in [2.45, 2.75) is 20.3 Å². The minimum absolute atomic E-state index is 0.289. The average Bonchev–Trinajstić information content (AvgIpc) is 1.86. The molecule has 0 bridgehead atoms. The van der Waals surface area contributed by atoms with Gasteiger partial charge in [-0.25, -0.2) is 0 Å². The van der Waals surface area contributed by atoms with Crippen LogP contribution in [0.1, 0.15) is 20.3 Å². The maximum atomic E-state index is 8.91. The van der Waals surface area contributed by atoms with Crippen LogP contribution in [0.4, 0.5) is 0 Å². The van der Waals surface area contributed by atoms with Gasteiger partial charge in [-0.1, -0.05) is 13.8 Å². The van der Waals surface area contributed by atoms with E-state index in [1.54, 1.807) is 0 Å². The fourth-order valence-corrected chi connectivity index (χ4v) is 1.40. The molecule has 1 heterocycles. The molecule has 0 aromatic carbocycles. The Labute approximate surface area is 62.2 Å². The van der Waals surface area contributed by atoms with Gasteiger partial charge in [0.15, 0.2) is 0 Å². The summed E-state index contributed by atoms with van der Waals surface area (Å²) in [6.45, 7) is 6.22. The summed E-state index contributed by atoms with van der Waals surface area (Å²) in [4.78, 5) is 0. The summed E-state index contributed by atoms with van der Waals surface area (Å²) in [5, 5.41) is 8.91. The standard InChI is InChI=1S/C8H16O2/c1-3-8(5-10-6-8)7(2)4-9/h7,9H,3-6H2,1-2H3/t7-/m1/s1.